The third-order valence-corrected chi connectivity index (χ3v) is 2.72. The van der Waals surface area contributed by atoms with Crippen LogP contribution in [0.3, 0.4) is 0 Å². The summed E-state index contributed by atoms with van der Waals surface area (Å²) >= 11 is 0. The molecule has 0 bridgehead atoms. The van der Waals surface area contributed by atoms with Crippen molar-refractivity contribution in [2.45, 2.75) is 34.1 Å². The monoisotopic (exact) mass is 266 g/mol. The Morgan fingerprint density at radius 1 is 1.32 bits per heavy atom. The Kier molecular flexibility index (Phi) is 5.47. The van der Waals surface area contributed by atoms with Crippen molar-refractivity contribution in [1.29, 1.82) is 0 Å². The Morgan fingerprint density at radius 3 is 2.53 bits per heavy atom. The predicted octanol–water partition coefficient (Wildman–Crippen LogP) is 1.09. The van der Waals surface area contributed by atoms with Crippen molar-refractivity contribution in [2.24, 2.45) is 16.8 Å². The summed E-state index contributed by atoms with van der Waals surface area (Å²) in [7, 11) is 0. The van der Waals surface area contributed by atoms with E-state index in [4.69, 9.17) is 10.9 Å². The zero-order valence-corrected chi connectivity index (χ0v) is 12.0. The van der Waals surface area contributed by atoms with Crippen molar-refractivity contribution in [3.05, 3.63) is 11.4 Å². The molecule has 3 N–H and O–H groups in total. The van der Waals surface area contributed by atoms with Crippen molar-refractivity contribution < 1.29 is 5.21 Å². The van der Waals surface area contributed by atoms with E-state index in [0.717, 1.165) is 17.9 Å². The Balaban J connectivity index is 2.85. The summed E-state index contributed by atoms with van der Waals surface area (Å²) in [6, 6.07) is 0. The van der Waals surface area contributed by atoms with E-state index in [-0.39, 0.29) is 5.84 Å². The first-order chi connectivity index (χ1) is 8.93. The second kappa shape index (κ2) is 6.86. The molecule has 7 heteroatoms. The highest BCUT2D eigenvalue weighted by Gasteiger charge is 2.13. The molecule has 1 heterocycles. The van der Waals surface area contributed by atoms with Gasteiger partial charge in [0.15, 0.2) is 0 Å². The summed E-state index contributed by atoms with van der Waals surface area (Å²) in [5.74, 6) is 1.24. The van der Waals surface area contributed by atoms with Crippen LogP contribution in [0.2, 0.25) is 0 Å². The highest BCUT2D eigenvalue weighted by molar-refractivity contribution is 5.80. The zero-order valence-electron chi connectivity index (χ0n) is 12.0. The lowest BCUT2D eigenvalue weighted by Gasteiger charge is -2.24. The standard InChI is InChI=1S/C12H22N6O/c1-8(2)7-18(6-5-11(13)17-19)12-14-9(3)10(4)15-16-12/h8,19H,5-7H2,1-4H3,(H2,13,17). The number of hydrogen-bond acceptors (Lipinski definition) is 6. The number of nitrogens with two attached hydrogens (primary N) is 1. The number of aryl methyl sites for hydroxylation is 2. The van der Waals surface area contributed by atoms with E-state index in [0.29, 0.717) is 24.8 Å². The molecule has 0 radical (unpaired) electrons. The average molecular weight is 266 g/mol. The lowest BCUT2D eigenvalue weighted by Crippen LogP contribution is -2.33. The van der Waals surface area contributed by atoms with Gasteiger partial charge in [-0.2, -0.15) is 5.10 Å². The summed E-state index contributed by atoms with van der Waals surface area (Å²) in [5, 5.41) is 19.8. The zero-order chi connectivity index (χ0) is 14.4. The first-order valence-electron chi connectivity index (χ1n) is 6.33. The van der Waals surface area contributed by atoms with E-state index in [1.165, 1.54) is 0 Å². The van der Waals surface area contributed by atoms with Crippen LogP contribution < -0.4 is 10.6 Å². The van der Waals surface area contributed by atoms with Gasteiger partial charge in [0, 0.05) is 19.5 Å². The molecule has 19 heavy (non-hydrogen) atoms. The highest BCUT2D eigenvalue weighted by atomic mass is 16.4. The number of amidine groups is 1. The molecule has 0 aliphatic rings. The van der Waals surface area contributed by atoms with E-state index in [2.05, 4.69) is 34.2 Å². The quantitative estimate of drug-likeness (QED) is 0.346. The van der Waals surface area contributed by atoms with Crippen LogP contribution >= 0.6 is 0 Å². The minimum atomic E-state index is 0.200. The molecular weight excluding hydrogens is 244 g/mol. The second-order valence-electron chi connectivity index (χ2n) is 4.96. The van der Waals surface area contributed by atoms with Crippen LogP contribution in [0.25, 0.3) is 0 Å². The van der Waals surface area contributed by atoms with Gasteiger partial charge in [-0.1, -0.05) is 19.0 Å². The van der Waals surface area contributed by atoms with Gasteiger partial charge >= 0.3 is 0 Å². The first-order valence-corrected chi connectivity index (χ1v) is 6.33. The molecule has 1 aromatic heterocycles. The molecule has 7 nitrogen and oxygen atoms in total. The van der Waals surface area contributed by atoms with Gasteiger partial charge in [0.05, 0.1) is 11.4 Å². The molecule has 0 aromatic carbocycles. The van der Waals surface area contributed by atoms with Gasteiger partial charge in [0.25, 0.3) is 0 Å². The molecule has 0 fully saturated rings. The molecule has 0 saturated heterocycles. The van der Waals surface area contributed by atoms with E-state index < -0.39 is 0 Å². The van der Waals surface area contributed by atoms with Crippen molar-refractivity contribution in [1.82, 2.24) is 15.2 Å². The fraction of sp³-hybridized carbons (Fsp3) is 0.667. The van der Waals surface area contributed by atoms with Gasteiger partial charge in [0.2, 0.25) is 5.95 Å². The summed E-state index contributed by atoms with van der Waals surface area (Å²) in [6.07, 6.45) is 0.458. The van der Waals surface area contributed by atoms with Crippen LogP contribution in [0.4, 0.5) is 5.95 Å². The van der Waals surface area contributed by atoms with Gasteiger partial charge in [-0.15, -0.1) is 5.10 Å². The van der Waals surface area contributed by atoms with Crippen molar-refractivity contribution >= 4 is 11.8 Å². The summed E-state index contributed by atoms with van der Waals surface area (Å²) in [4.78, 5) is 6.44. The molecule has 0 spiro atoms. The topological polar surface area (TPSA) is 101 Å². The van der Waals surface area contributed by atoms with Crippen molar-refractivity contribution in [2.75, 3.05) is 18.0 Å². The number of nitrogens with zero attached hydrogens (tertiary/aromatic N) is 5. The summed E-state index contributed by atoms with van der Waals surface area (Å²) in [6.45, 7) is 9.41. The molecule has 106 valence electrons. The van der Waals surface area contributed by atoms with Gasteiger partial charge in [0.1, 0.15) is 5.84 Å². The SMILES string of the molecule is Cc1nnc(N(CCC(N)=NO)CC(C)C)nc1C. The molecule has 0 atom stereocenters. The third-order valence-electron chi connectivity index (χ3n) is 2.72. The van der Waals surface area contributed by atoms with Crippen LogP contribution in [0, 0.1) is 19.8 Å². The molecule has 0 saturated carbocycles. The lowest BCUT2D eigenvalue weighted by molar-refractivity contribution is 0.317. The van der Waals surface area contributed by atoms with Gasteiger partial charge in [-0.25, -0.2) is 4.98 Å². The minimum absolute atomic E-state index is 0.200. The van der Waals surface area contributed by atoms with Gasteiger partial charge < -0.3 is 15.8 Å². The molecule has 0 amide bonds. The smallest absolute Gasteiger partial charge is 0.245 e. The largest absolute Gasteiger partial charge is 0.409 e. The lowest BCUT2D eigenvalue weighted by atomic mass is 10.2. The number of aromatic nitrogens is 3. The number of rotatable bonds is 6. The van der Waals surface area contributed by atoms with Crippen LogP contribution in [0.1, 0.15) is 31.7 Å². The third kappa shape index (κ3) is 4.69. The van der Waals surface area contributed by atoms with Crippen molar-refractivity contribution in [3.63, 3.8) is 0 Å². The van der Waals surface area contributed by atoms with E-state index >= 15 is 0 Å². The van der Waals surface area contributed by atoms with Crippen LogP contribution in [0.15, 0.2) is 5.16 Å². The highest BCUT2D eigenvalue weighted by Crippen LogP contribution is 2.11. The van der Waals surface area contributed by atoms with E-state index in [1.54, 1.807) is 0 Å². The van der Waals surface area contributed by atoms with Gasteiger partial charge in [-0.05, 0) is 19.8 Å². The van der Waals surface area contributed by atoms with Crippen LogP contribution in [0.5, 0.6) is 0 Å². The average Bonchev–Trinajstić information content (AvgIpc) is 2.37. The molecule has 1 aromatic rings. The molecule has 0 unspecified atom stereocenters. The molecule has 1 rings (SSSR count). The maximum atomic E-state index is 8.58. The number of hydrogen-bond donors (Lipinski definition) is 2. The normalized spacial score (nSPS) is 11.9. The maximum Gasteiger partial charge on any atom is 0.245 e. The summed E-state index contributed by atoms with van der Waals surface area (Å²) in [5.41, 5.74) is 7.19. The van der Waals surface area contributed by atoms with E-state index in [1.807, 2.05) is 18.7 Å². The maximum absolute atomic E-state index is 8.58. The molecule has 0 aliphatic carbocycles. The first kappa shape index (κ1) is 15.1. The Hall–Kier alpha value is -1.92. The van der Waals surface area contributed by atoms with Crippen molar-refractivity contribution in [3.8, 4) is 0 Å². The second-order valence-corrected chi connectivity index (χ2v) is 4.96. The Morgan fingerprint density at radius 2 is 2.00 bits per heavy atom. The predicted molar refractivity (Wildman–Crippen MR) is 74.4 cm³/mol. The molecular formula is C12H22N6O. The Labute approximate surface area is 113 Å². The number of oxime groups is 1. The number of anilines is 1. The molecule has 0 aliphatic heterocycles. The van der Waals surface area contributed by atoms with Crippen LogP contribution in [-0.4, -0.2) is 39.3 Å². The Bertz CT molecular complexity index is 446. The fourth-order valence-electron chi connectivity index (χ4n) is 1.59. The minimum Gasteiger partial charge on any atom is -0.409 e. The summed E-state index contributed by atoms with van der Waals surface area (Å²) < 4.78 is 0. The fourth-order valence-corrected chi connectivity index (χ4v) is 1.59. The van der Waals surface area contributed by atoms with E-state index in [9.17, 15) is 0 Å². The van der Waals surface area contributed by atoms with Gasteiger partial charge in [-0.3, -0.25) is 0 Å². The van der Waals surface area contributed by atoms with Crippen LogP contribution in [-0.2, 0) is 0 Å².